The van der Waals surface area contributed by atoms with Gasteiger partial charge in [0.15, 0.2) is 0 Å². The summed E-state index contributed by atoms with van der Waals surface area (Å²) < 4.78 is 45.0. The van der Waals surface area contributed by atoms with Crippen molar-refractivity contribution < 1.29 is 27.4 Å². The Morgan fingerprint density at radius 3 is 2.52 bits per heavy atom. The second-order valence-corrected chi connectivity index (χ2v) is 6.70. The maximum Gasteiger partial charge on any atom is 0.335 e. The molecule has 21 heavy (non-hydrogen) atoms. The largest absolute Gasteiger partial charge is 0.478 e. The minimum Gasteiger partial charge on any atom is -0.478 e. The molecule has 6 nitrogen and oxygen atoms in total. The van der Waals surface area contributed by atoms with Gasteiger partial charge >= 0.3 is 5.97 Å². The Morgan fingerprint density at radius 1 is 1.38 bits per heavy atom. The van der Waals surface area contributed by atoms with Gasteiger partial charge in [-0.15, -0.1) is 0 Å². The highest BCUT2D eigenvalue weighted by Gasteiger charge is 2.31. The van der Waals surface area contributed by atoms with E-state index in [4.69, 9.17) is 9.84 Å². The molecule has 0 saturated carbocycles. The Hall–Kier alpha value is -1.51. The second-order valence-electron chi connectivity index (χ2n) is 4.79. The third kappa shape index (κ3) is 3.22. The van der Waals surface area contributed by atoms with E-state index in [1.807, 2.05) is 0 Å². The zero-order valence-corrected chi connectivity index (χ0v) is 12.3. The molecule has 1 aliphatic rings. The van der Waals surface area contributed by atoms with Gasteiger partial charge in [0.05, 0.1) is 11.7 Å². The minimum absolute atomic E-state index is 0.00773. The van der Waals surface area contributed by atoms with Crippen molar-refractivity contribution in [1.29, 1.82) is 0 Å². The maximum atomic E-state index is 13.8. The lowest BCUT2D eigenvalue weighted by molar-refractivity contribution is 0.0604. The number of carboxylic acids is 1. The van der Waals surface area contributed by atoms with Crippen LogP contribution >= 0.6 is 0 Å². The van der Waals surface area contributed by atoms with E-state index in [-0.39, 0.29) is 24.8 Å². The summed E-state index contributed by atoms with van der Waals surface area (Å²) in [7, 11) is -2.48. The number of aromatic carboxylic acids is 1. The predicted octanol–water partition coefficient (Wildman–Crippen LogP) is 1.32. The zero-order chi connectivity index (χ0) is 15.6. The van der Waals surface area contributed by atoms with Crippen LogP contribution in [-0.4, -0.2) is 50.1 Å². The molecule has 0 atom stereocenters. The van der Waals surface area contributed by atoms with Crippen molar-refractivity contribution in [3.8, 4) is 0 Å². The highest BCUT2D eigenvalue weighted by atomic mass is 32.2. The number of hydrogen-bond acceptors (Lipinski definition) is 4. The van der Waals surface area contributed by atoms with Gasteiger partial charge in [-0.05, 0) is 31.0 Å². The molecule has 0 amide bonds. The van der Waals surface area contributed by atoms with Crippen LogP contribution in [0.2, 0.25) is 0 Å². The van der Waals surface area contributed by atoms with E-state index in [1.165, 1.54) is 0 Å². The molecule has 0 unspecified atom stereocenters. The molecule has 1 aliphatic heterocycles. The Balaban J connectivity index is 2.32. The van der Waals surface area contributed by atoms with Gasteiger partial charge in [0.1, 0.15) is 10.7 Å². The fourth-order valence-electron chi connectivity index (χ4n) is 2.28. The Bertz CT molecular complexity index is 638. The fourth-order valence-corrected chi connectivity index (χ4v) is 3.84. The Morgan fingerprint density at radius 2 is 2.00 bits per heavy atom. The summed E-state index contributed by atoms with van der Waals surface area (Å²) in [6, 6.07) is 2.75. The van der Waals surface area contributed by atoms with Crippen LogP contribution in [0, 0.1) is 5.82 Å². The summed E-state index contributed by atoms with van der Waals surface area (Å²) in [5.74, 6) is -2.25. The Kier molecular flexibility index (Phi) is 4.60. The molecule has 1 aromatic carbocycles. The number of benzene rings is 1. The molecule has 0 aromatic heterocycles. The van der Waals surface area contributed by atoms with Crippen LogP contribution in [0.4, 0.5) is 4.39 Å². The van der Waals surface area contributed by atoms with E-state index in [1.54, 1.807) is 7.11 Å². The van der Waals surface area contributed by atoms with Gasteiger partial charge in [0.25, 0.3) is 0 Å². The molecule has 8 heteroatoms. The SMILES string of the molecule is COC1CCN(S(=O)(=O)c2cc(C(=O)O)ccc2F)CC1. The summed E-state index contributed by atoms with van der Waals surface area (Å²) in [4.78, 5) is 10.3. The summed E-state index contributed by atoms with van der Waals surface area (Å²) >= 11 is 0. The lowest BCUT2D eigenvalue weighted by Crippen LogP contribution is -2.40. The quantitative estimate of drug-likeness (QED) is 0.905. The molecule has 0 aliphatic carbocycles. The average Bonchev–Trinajstić information content (AvgIpc) is 2.47. The molecule has 1 heterocycles. The smallest absolute Gasteiger partial charge is 0.335 e. The zero-order valence-electron chi connectivity index (χ0n) is 11.5. The molecule has 0 bridgehead atoms. The van der Waals surface area contributed by atoms with Crippen LogP contribution in [0.5, 0.6) is 0 Å². The molecular formula is C13H16FNO5S. The summed E-state index contributed by atoms with van der Waals surface area (Å²) in [5, 5.41) is 8.90. The number of nitrogens with zero attached hydrogens (tertiary/aromatic N) is 1. The number of halogens is 1. The third-order valence-corrected chi connectivity index (χ3v) is 5.44. The van der Waals surface area contributed by atoms with Crippen molar-refractivity contribution >= 4 is 16.0 Å². The van der Waals surface area contributed by atoms with Crippen molar-refractivity contribution in [2.45, 2.75) is 23.8 Å². The van der Waals surface area contributed by atoms with Crippen LogP contribution in [-0.2, 0) is 14.8 Å². The van der Waals surface area contributed by atoms with Crippen molar-refractivity contribution in [2.24, 2.45) is 0 Å². The number of piperidine rings is 1. The van der Waals surface area contributed by atoms with Gasteiger partial charge in [-0.25, -0.2) is 17.6 Å². The first kappa shape index (κ1) is 15.9. The van der Waals surface area contributed by atoms with Gasteiger partial charge in [-0.1, -0.05) is 0 Å². The number of ether oxygens (including phenoxy) is 1. The molecule has 1 fully saturated rings. The molecule has 116 valence electrons. The maximum absolute atomic E-state index is 13.8. The lowest BCUT2D eigenvalue weighted by atomic mass is 10.1. The van der Waals surface area contributed by atoms with E-state index < -0.39 is 26.7 Å². The van der Waals surface area contributed by atoms with E-state index in [0.29, 0.717) is 12.8 Å². The summed E-state index contributed by atoms with van der Waals surface area (Å²) in [5.41, 5.74) is -0.262. The van der Waals surface area contributed by atoms with Crippen molar-refractivity contribution in [2.75, 3.05) is 20.2 Å². The van der Waals surface area contributed by atoms with E-state index in [9.17, 15) is 17.6 Å². The lowest BCUT2D eigenvalue weighted by Gasteiger charge is -2.30. The number of carbonyl (C=O) groups is 1. The normalized spacial score (nSPS) is 17.8. The van der Waals surface area contributed by atoms with E-state index in [2.05, 4.69) is 0 Å². The third-order valence-electron chi connectivity index (χ3n) is 3.53. The van der Waals surface area contributed by atoms with Crippen LogP contribution in [0.15, 0.2) is 23.1 Å². The molecule has 2 rings (SSSR count). The van der Waals surface area contributed by atoms with Gasteiger partial charge in [-0.2, -0.15) is 4.31 Å². The van der Waals surface area contributed by atoms with Crippen LogP contribution in [0.1, 0.15) is 23.2 Å². The van der Waals surface area contributed by atoms with E-state index >= 15 is 0 Å². The number of carboxylic acid groups (broad SMARTS) is 1. The van der Waals surface area contributed by atoms with Crippen molar-refractivity contribution in [3.63, 3.8) is 0 Å². The number of methoxy groups -OCH3 is 1. The van der Waals surface area contributed by atoms with Gasteiger partial charge < -0.3 is 9.84 Å². The topological polar surface area (TPSA) is 83.9 Å². The summed E-state index contributed by atoms with van der Waals surface area (Å²) in [6.45, 7) is 0.440. The first-order valence-electron chi connectivity index (χ1n) is 6.42. The molecule has 1 saturated heterocycles. The van der Waals surface area contributed by atoms with Crippen LogP contribution < -0.4 is 0 Å². The van der Waals surface area contributed by atoms with E-state index in [0.717, 1.165) is 22.5 Å². The number of hydrogen-bond donors (Lipinski definition) is 1. The van der Waals surface area contributed by atoms with Gasteiger partial charge in [0.2, 0.25) is 10.0 Å². The molecular weight excluding hydrogens is 301 g/mol. The minimum atomic E-state index is -4.04. The average molecular weight is 317 g/mol. The molecule has 1 aromatic rings. The highest BCUT2D eigenvalue weighted by Crippen LogP contribution is 2.24. The number of sulfonamides is 1. The summed E-state index contributed by atoms with van der Waals surface area (Å²) in [6.07, 6.45) is 1.04. The van der Waals surface area contributed by atoms with Crippen LogP contribution in [0.3, 0.4) is 0 Å². The number of rotatable bonds is 4. The molecule has 0 spiro atoms. The first-order valence-corrected chi connectivity index (χ1v) is 7.86. The second kappa shape index (κ2) is 6.08. The van der Waals surface area contributed by atoms with Gasteiger partial charge in [-0.3, -0.25) is 0 Å². The first-order chi connectivity index (χ1) is 9.86. The van der Waals surface area contributed by atoms with Crippen molar-refractivity contribution in [1.82, 2.24) is 4.31 Å². The van der Waals surface area contributed by atoms with Crippen LogP contribution in [0.25, 0.3) is 0 Å². The Labute approximate surface area is 122 Å². The molecule has 1 N–H and O–H groups in total. The predicted molar refractivity (Wildman–Crippen MR) is 72.1 cm³/mol. The van der Waals surface area contributed by atoms with Crippen molar-refractivity contribution in [3.05, 3.63) is 29.6 Å². The molecule has 0 radical (unpaired) electrons. The standard InChI is InChI=1S/C13H16FNO5S/c1-20-10-4-6-15(7-5-10)21(18,19)12-8-9(13(16)17)2-3-11(12)14/h2-3,8,10H,4-7H2,1H3,(H,16,17). The van der Waals surface area contributed by atoms with Gasteiger partial charge in [0, 0.05) is 20.2 Å². The highest BCUT2D eigenvalue weighted by molar-refractivity contribution is 7.89. The monoisotopic (exact) mass is 317 g/mol. The fraction of sp³-hybridized carbons (Fsp3) is 0.462.